The van der Waals surface area contributed by atoms with E-state index in [1.54, 1.807) is 18.0 Å². The average Bonchev–Trinajstić information content (AvgIpc) is 2.30. The van der Waals surface area contributed by atoms with Crippen molar-refractivity contribution in [3.05, 3.63) is 12.4 Å². The predicted octanol–water partition coefficient (Wildman–Crippen LogP) is 0.608. The Morgan fingerprint density at radius 1 is 1.36 bits per heavy atom. The van der Waals surface area contributed by atoms with Crippen LogP contribution >= 0.6 is 11.8 Å². The Balaban J connectivity index is 2.13. The largest absolute Gasteiger partial charge is 0.353 e. The van der Waals surface area contributed by atoms with Crippen molar-refractivity contribution in [3.8, 4) is 0 Å². The Hall–Kier alpha value is -0.810. The summed E-state index contributed by atoms with van der Waals surface area (Å²) in [5.41, 5.74) is 0. The van der Waals surface area contributed by atoms with Crippen molar-refractivity contribution >= 4 is 17.6 Å². The van der Waals surface area contributed by atoms with Crippen LogP contribution in [0.5, 0.6) is 0 Å². The van der Waals surface area contributed by atoms with Gasteiger partial charge >= 0.3 is 0 Å². The van der Waals surface area contributed by atoms with Gasteiger partial charge in [0.05, 0.1) is 12.4 Å². The van der Waals surface area contributed by atoms with Crippen molar-refractivity contribution in [2.75, 3.05) is 37.3 Å². The average molecular weight is 210 g/mol. The maximum atomic E-state index is 4.51. The molecule has 0 spiro atoms. The van der Waals surface area contributed by atoms with Crippen LogP contribution in [0.3, 0.4) is 0 Å². The van der Waals surface area contributed by atoms with Gasteiger partial charge in [0.2, 0.25) is 0 Å². The maximum Gasteiger partial charge on any atom is 0.148 e. The first-order chi connectivity index (χ1) is 6.90. The van der Waals surface area contributed by atoms with Crippen molar-refractivity contribution < 1.29 is 0 Å². The number of piperazine rings is 1. The van der Waals surface area contributed by atoms with Gasteiger partial charge in [0.1, 0.15) is 10.8 Å². The van der Waals surface area contributed by atoms with E-state index in [-0.39, 0.29) is 0 Å². The molecule has 1 aliphatic heterocycles. The van der Waals surface area contributed by atoms with Gasteiger partial charge in [-0.15, -0.1) is 11.8 Å². The summed E-state index contributed by atoms with van der Waals surface area (Å²) in [6.45, 7) is 4.11. The van der Waals surface area contributed by atoms with Crippen molar-refractivity contribution in [2.24, 2.45) is 0 Å². The summed E-state index contributed by atoms with van der Waals surface area (Å²) in [4.78, 5) is 11.0. The molecule has 0 atom stereocenters. The highest BCUT2D eigenvalue weighted by Gasteiger charge is 2.11. The molecule has 1 fully saturated rings. The molecule has 0 bridgehead atoms. The third-order valence-corrected chi connectivity index (χ3v) is 2.86. The summed E-state index contributed by atoms with van der Waals surface area (Å²) >= 11 is 1.63. The smallest absolute Gasteiger partial charge is 0.148 e. The molecule has 2 rings (SSSR count). The molecule has 4 nitrogen and oxygen atoms in total. The summed E-state index contributed by atoms with van der Waals surface area (Å²) in [6.07, 6.45) is 5.66. The second-order valence-corrected chi connectivity index (χ2v) is 3.98. The van der Waals surface area contributed by atoms with Gasteiger partial charge in [-0.3, -0.25) is 4.98 Å². The van der Waals surface area contributed by atoms with Crippen LogP contribution in [-0.2, 0) is 0 Å². The molecule has 1 aliphatic rings. The minimum atomic E-state index is 0.987. The number of rotatable bonds is 2. The topological polar surface area (TPSA) is 41.1 Å². The van der Waals surface area contributed by atoms with Crippen LogP contribution in [0.1, 0.15) is 0 Å². The first kappa shape index (κ1) is 9.73. The van der Waals surface area contributed by atoms with Crippen molar-refractivity contribution in [3.63, 3.8) is 0 Å². The van der Waals surface area contributed by atoms with Crippen LogP contribution in [0.15, 0.2) is 17.4 Å². The molecule has 1 N–H and O–H groups in total. The molecule has 0 unspecified atom stereocenters. The van der Waals surface area contributed by atoms with E-state index in [9.17, 15) is 0 Å². The van der Waals surface area contributed by atoms with Gasteiger partial charge < -0.3 is 10.2 Å². The lowest BCUT2D eigenvalue weighted by atomic mass is 10.4. The molecule has 5 heteroatoms. The minimum Gasteiger partial charge on any atom is -0.353 e. The zero-order chi connectivity index (χ0) is 9.80. The van der Waals surface area contributed by atoms with E-state index in [0.29, 0.717) is 0 Å². The summed E-state index contributed by atoms with van der Waals surface area (Å²) in [7, 11) is 0. The third kappa shape index (κ3) is 2.16. The predicted molar refractivity (Wildman–Crippen MR) is 58.9 cm³/mol. The molecule has 76 valence electrons. The van der Waals surface area contributed by atoms with Crippen LogP contribution in [0.2, 0.25) is 0 Å². The van der Waals surface area contributed by atoms with Crippen LogP contribution in [0.25, 0.3) is 0 Å². The fraction of sp³-hybridized carbons (Fsp3) is 0.556. The van der Waals surface area contributed by atoms with Crippen LogP contribution in [0, 0.1) is 0 Å². The second-order valence-electron chi connectivity index (χ2n) is 3.16. The van der Waals surface area contributed by atoms with Crippen molar-refractivity contribution in [2.45, 2.75) is 5.03 Å². The Kier molecular flexibility index (Phi) is 3.21. The summed E-state index contributed by atoms with van der Waals surface area (Å²) in [5.74, 6) is 0.998. The van der Waals surface area contributed by atoms with Gasteiger partial charge in [-0.1, -0.05) is 0 Å². The first-order valence-electron chi connectivity index (χ1n) is 4.72. The Bertz CT molecular complexity index is 299. The summed E-state index contributed by atoms with van der Waals surface area (Å²) in [6, 6.07) is 0. The normalized spacial score (nSPS) is 17.1. The second kappa shape index (κ2) is 4.61. The van der Waals surface area contributed by atoms with E-state index in [0.717, 1.165) is 37.0 Å². The molecule has 0 aromatic carbocycles. The highest BCUT2D eigenvalue weighted by atomic mass is 32.2. The third-order valence-electron chi connectivity index (χ3n) is 2.25. The maximum absolute atomic E-state index is 4.51. The van der Waals surface area contributed by atoms with Crippen LogP contribution in [-0.4, -0.2) is 42.4 Å². The van der Waals surface area contributed by atoms with Gasteiger partial charge in [-0.2, -0.15) is 0 Å². The first-order valence-corrected chi connectivity index (χ1v) is 5.94. The number of aromatic nitrogens is 2. The van der Waals surface area contributed by atoms with Crippen molar-refractivity contribution in [1.82, 2.24) is 15.3 Å². The number of hydrogen-bond donors (Lipinski definition) is 1. The number of thioether (sulfide) groups is 1. The molecular weight excluding hydrogens is 196 g/mol. The molecule has 2 heterocycles. The highest BCUT2D eigenvalue weighted by molar-refractivity contribution is 7.98. The molecule has 1 saturated heterocycles. The standard InChI is InChI=1S/C9H14N4S/c1-14-9-7-11-6-8(12-9)13-4-2-10-3-5-13/h6-7,10H,2-5H2,1H3. The number of nitrogens with one attached hydrogen (secondary N) is 1. The number of nitrogens with zero attached hydrogens (tertiary/aromatic N) is 3. The summed E-state index contributed by atoms with van der Waals surface area (Å²) in [5, 5.41) is 4.31. The Labute approximate surface area is 88.1 Å². The lowest BCUT2D eigenvalue weighted by molar-refractivity contribution is 0.583. The van der Waals surface area contributed by atoms with Gasteiger partial charge in [0, 0.05) is 26.2 Å². The molecule has 0 amide bonds. The molecule has 14 heavy (non-hydrogen) atoms. The van der Waals surface area contributed by atoms with Crippen LogP contribution < -0.4 is 10.2 Å². The molecule has 0 saturated carbocycles. The van der Waals surface area contributed by atoms with E-state index in [1.807, 2.05) is 12.5 Å². The molecule has 1 aromatic heterocycles. The Morgan fingerprint density at radius 2 is 2.14 bits per heavy atom. The lowest BCUT2D eigenvalue weighted by Crippen LogP contribution is -2.43. The fourth-order valence-corrected chi connectivity index (χ4v) is 1.83. The van der Waals surface area contributed by atoms with E-state index >= 15 is 0 Å². The highest BCUT2D eigenvalue weighted by Crippen LogP contribution is 2.15. The number of anilines is 1. The molecule has 0 radical (unpaired) electrons. The van der Waals surface area contributed by atoms with Gasteiger partial charge in [-0.25, -0.2) is 4.98 Å². The quantitative estimate of drug-likeness (QED) is 0.724. The monoisotopic (exact) mass is 210 g/mol. The zero-order valence-corrected chi connectivity index (χ0v) is 9.05. The summed E-state index contributed by atoms with van der Waals surface area (Å²) < 4.78 is 0. The zero-order valence-electron chi connectivity index (χ0n) is 8.23. The molecule has 0 aliphatic carbocycles. The van der Waals surface area contributed by atoms with Gasteiger partial charge in [0.15, 0.2) is 0 Å². The molecular formula is C9H14N4S. The fourth-order valence-electron chi connectivity index (χ4n) is 1.48. The minimum absolute atomic E-state index is 0.987. The SMILES string of the molecule is CSc1cncc(N2CCNCC2)n1. The van der Waals surface area contributed by atoms with E-state index in [4.69, 9.17) is 0 Å². The van der Waals surface area contributed by atoms with Crippen LogP contribution in [0.4, 0.5) is 5.82 Å². The van der Waals surface area contributed by atoms with E-state index in [1.165, 1.54) is 0 Å². The van der Waals surface area contributed by atoms with Crippen molar-refractivity contribution in [1.29, 1.82) is 0 Å². The Morgan fingerprint density at radius 3 is 2.86 bits per heavy atom. The number of hydrogen-bond acceptors (Lipinski definition) is 5. The van der Waals surface area contributed by atoms with Gasteiger partial charge in [0.25, 0.3) is 0 Å². The lowest BCUT2D eigenvalue weighted by Gasteiger charge is -2.28. The van der Waals surface area contributed by atoms with Gasteiger partial charge in [-0.05, 0) is 6.26 Å². The van der Waals surface area contributed by atoms with E-state index in [2.05, 4.69) is 20.2 Å². The van der Waals surface area contributed by atoms with E-state index < -0.39 is 0 Å². The molecule has 1 aromatic rings.